The average Bonchev–Trinajstić information content (AvgIpc) is 2.38. The first kappa shape index (κ1) is 13.9. The van der Waals surface area contributed by atoms with Crippen molar-refractivity contribution < 1.29 is 4.74 Å². The molecule has 0 aliphatic heterocycles. The quantitative estimate of drug-likeness (QED) is 0.298. The summed E-state index contributed by atoms with van der Waals surface area (Å²) in [6, 6.07) is 10.4. The highest BCUT2D eigenvalue weighted by molar-refractivity contribution is 5.13. The number of rotatable bonds is 9. The van der Waals surface area contributed by atoms with Crippen LogP contribution in [0.2, 0.25) is 0 Å². The Morgan fingerprint density at radius 1 is 1.35 bits per heavy atom. The number of hydrazine groups is 1. The van der Waals surface area contributed by atoms with Crippen LogP contribution in [0.4, 0.5) is 0 Å². The lowest BCUT2D eigenvalue weighted by Crippen LogP contribution is -2.38. The van der Waals surface area contributed by atoms with Crippen molar-refractivity contribution in [2.24, 2.45) is 5.84 Å². The van der Waals surface area contributed by atoms with Gasteiger partial charge in [-0.25, -0.2) is 0 Å². The molecule has 1 aromatic carbocycles. The predicted octanol–water partition coefficient (Wildman–Crippen LogP) is 2.39. The molecule has 0 heterocycles. The van der Waals surface area contributed by atoms with E-state index < -0.39 is 0 Å². The summed E-state index contributed by atoms with van der Waals surface area (Å²) in [7, 11) is 0. The lowest BCUT2D eigenvalue weighted by Gasteiger charge is -2.15. The van der Waals surface area contributed by atoms with Crippen LogP contribution in [0.1, 0.15) is 24.8 Å². The zero-order valence-electron chi connectivity index (χ0n) is 10.3. The fourth-order valence-corrected chi connectivity index (χ4v) is 1.62. The van der Waals surface area contributed by atoms with Crippen LogP contribution in [0, 0.1) is 0 Å². The average molecular weight is 234 g/mol. The molecular weight excluding hydrogens is 212 g/mol. The maximum absolute atomic E-state index is 5.64. The minimum Gasteiger partial charge on any atom is -0.375 e. The zero-order chi connectivity index (χ0) is 12.3. The number of benzene rings is 1. The fourth-order valence-electron chi connectivity index (χ4n) is 1.62. The van der Waals surface area contributed by atoms with Crippen LogP contribution in [-0.2, 0) is 11.3 Å². The number of allylic oxidation sites excluding steroid dienone is 1. The van der Waals surface area contributed by atoms with Crippen LogP contribution in [0.3, 0.4) is 0 Å². The first-order valence-electron chi connectivity index (χ1n) is 6.05. The molecule has 17 heavy (non-hydrogen) atoms. The molecule has 1 atom stereocenters. The van der Waals surface area contributed by atoms with E-state index in [1.54, 1.807) is 0 Å². The Morgan fingerprint density at radius 2 is 2.12 bits per heavy atom. The van der Waals surface area contributed by atoms with Gasteiger partial charge in [0.1, 0.15) is 0 Å². The van der Waals surface area contributed by atoms with Crippen LogP contribution in [0.25, 0.3) is 0 Å². The topological polar surface area (TPSA) is 47.3 Å². The van der Waals surface area contributed by atoms with E-state index in [4.69, 9.17) is 10.6 Å². The van der Waals surface area contributed by atoms with Crippen LogP contribution in [0.15, 0.2) is 43.0 Å². The van der Waals surface area contributed by atoms with Gasteiger partial charge in [-0.3, -0.25) is 11.3 Å². The maximum Gasteiger partial charge on any atom is 0.0717 e. The van der Waals surface area contributed by atoms with E-state index in [1.165, 1.54) is 5.56 Å². The van der Waals surface area contributed by atoms with Crippen molar-refractivity contribution in [2.45, 2.75) is 31.9 Å². The molecule has 0 aliphatic carbocycles. The monoisotopic (exact) mass is 234 g/mol. The van der Waals surface area contributed by atoms with E-state index in [1.807, 2.05) is 24.3 Å². The second-order valence-corrected chi connectivity index (χ2v) is 4.08. The highest BCUT2D eigenvalue weighted by atomic mass is 16.5. The van der Waals surface area contributed by atoms with Crippen molar-refractivity contribution in [3.63, 3.8) is 0 Å². The molecular formula is C14H22N2O. The van der Waals surface area contributed by atoms with Gasteiger partial charge in [-0.05, 0) is 24.8 Å². The first-order valence-corrected chi connectivity index (χ1v) is 6.05. The maximum atomic E-state index is 5.64. The van der Waals surface area contributed by atoms with E-state index in [2.05, 4.69) is 24.1 Å². The molecule has 94 valence electrons. The van der Waals surface area contributed by atoms with Crippen molar-refractivity contribution >= 4 is 0 Å². The third kappa shape index (κ3) is 6.22. The van der Waals surface area contributed by atoms with Crippen molar-refractivity contribution in [1.29, 1.82) is 0 Å². The molecule has 0 aromatic heterocycles. The second-order valence-electron chi connectivity index (χ2n) is 4.08. The molecule has 3 heteroatoms. The number of unbranched alkanes of at least 4 members (excludes halogenated alkanes) is 1. The zero-order valence-corrected chi connectivity index (χ0v) is 10.3. The third-order valence-corrected chi connectivity index (χ3v) is 2.63. The van der Waals surface area contributed by atoms with Gasteiger partial charge in [0.15, 0.2) is 0 Å². The van der Waals surface area contributed by atoms with Gasteiger partial charge in [0.25, 0.3) is 0 Å². The summed E-state index contributed by atoms with van der Waals surface area (Å²) in [5.41, 5.74) is 3.98. The molecule has 0 bridgehead atoms. The largest absolute Gasteiger partial charge is 0.375 e. The highest BCUT2D eigenvalue weighted by Crippen LogP contribution is 2.04. The second kappa shape index (κ2) is 8.93. The highest BCUT2D eigenvalue weighted by Gasteiger charge is 2.05. The van der Waals surface area contributed by atoms with Crippen molar-refractivity contribution in [3.8, 4) is 0 Å². The summed E-state index contributed by atoms with van der Waals surface area (Å²) in [6.07, 6.45) is 5.06. The molecule has 3 nitrogen and oxygen atoms in total. The standard InChI is InChI=1S/C14H22N2O/c1-2-3-5-10-14(16-15)12-17-11-13-8-6-4-7-9-13/h2,4,6-9,14,16H,1,3,5,10-12,15H2. The Hall–Kier alpha value is -1.16. The summed E-state index contributed by atoms with van der Waals surface area (Å²) in [6.45, 7) is 4.98. The van der Waals surface area contributed by atoms with Crippen LogP contribution in [-0.4, -0.2) is 12.6 Å². The molecule has 0 spiro atoms. The Bertz CT molecular complexity index is 300. The molecule has 0 aliphatic rings. The van der Waals surface area contributed by atoms with Gasteiger partial charge in [-0.1, -0.05) is 36.4 Å². The Labute approximate surface area is 104 Å². The minimum absolute atomic E-state index is 0.221. The van der Waals surface area contributed by atoms with Gasteiger partial charge in [0.05, 0.1) is 13.2 Å². The van der Waals surface area contributed by atoms with E-state index in [0.29, 0.717) is 13.2 Å². The summed E-state index contributed by atoms with van der Waals surface area (Å²) in [4.78, 5) is 0. The van der Waals surface area contributed by atoms with Crippen LogP contribution in [0.5, 0.6) is 0 Å². The number of ether oxygens (including phenoxy) is 1. The molecule has 1 unspecified atom stereocenters. The normalized spacial score (nSPS) is 12.3. The lowest BCUT2D eigenvalue weighted by atomic mass is 10.1. The number of hydrogen-bond donors (Lipinski definition) is 2. The summed E-state index contributed by atoms with van der Waals surface area (Å²) < 4.78 is 5.64. The van der Waals surface area contributed by atoms with Gasteiger partial charge < -0.3 is 4.74 Å². The van der Waals surface area contributed by atoms with Crippen molar-refractivity contribution in [2.75, 3.05) is 6.61 Å². The smallest absolute Gasteiger partial charge is 0.0717 e. The molecule has 0 radical (unpaired) electrons. The molecule has 0 fully saturated rings. The van der Waals surface area contributed by atoms with Gasteiger partial charge in [0, 0.05) is 6.04 Å². The summed E-state index contributed by atoms with van der Waals surface area (Å²) >= 11 is 0. The molecule has 0 saturated heterocycles. The van der Waals surface area contributed by atoms with Gasteiger partial charge in [-0.15, -0.1) is 6.58 Å². The first-order chi connectivity index (χ1) is 8.36. The molecule has 1 aromatic rings. The van der Waals surface area contributed by atoms with Gasteiger partial charge in [0.2, 0.25) is 0 Å². The van der Waals surface area contributed by atoms with Crippen molar-refractivity contribution in [1.82, 2.24) is 5.43 Å². The molecule has 3 N–H and O–H groups in total. The van der Waals surface area contributed by atoms with Gasteiger partial charge in [-0.2, -0.15) is 0 Å². The summed E-state index contributed by atoms with van der Waals surface area (Å²) in [5.74, 6) is 5.48. The number of nitrogens with one attached hydrogen (secondary N) is 1. The third-order valence-electron chi connectivity index (χ3n) is 2.63. The van der Waals surface area contributed by atoms with Crippen LogP contribution < -0.4 is 11.3 Å². The molecule has 0 saturated carbocycles. The van der Waals surface area contributed by atoms with Crippen molar-refractivity contribution in [3.05, 3.63) is 48.6 Å². The Kier molecular flexibility index (Phi) is 7.30. The van der Waals surface area contributed by atoms with E-state index in [-0.39, 0.29) is 6.04 Å². The van der Waals surface area contributed by atoms with Crippen LogP contribution >= 0.6 is 0 Å². The minimum atomic E-state index is 0.221. The lowest BCUT2D eigenvalue weighted by molar-refractivity contribution is 0.0958. The molecule has 1 rings (SSSR count). The molecule has 0 amide bonds. The SMILES string of the molecule is C=CCCCC(COCc1ccccc1)NN. The summed E-state index contributed by atoms with van der Waals surface area (Å²) in [5, 5.41) is 0. The Balaban J connectivity index is 2.17. The number of hydrogen-bond acceptors (Lipinski definition) is 3. The van der Waals surface area contributed by atoms with E-state index in [9.17, 15) is 0 Å². The fraction of sp³-hybridized carbons (Fsp3) is 0.429. The predicted molar refractivity (Wildman–Crippen MR) is 71.3 cm³/mol. The Morgan fingerprint density at radius 3 is 2.76 bits per heavy atom. The van der Waals surface area contributed by atoms with E-state index in [0.717, 1.165) is 19.3 Å². The number of nitrogens with two attached hydrogens (primary N) is 1. The van der Waals surface area contributed by atoms with Gasteiger partial charge >= 0.3 is 0 Å². The van der Waals surface area contributed by atoms with E-state index >= 15 is 0 Å².